The lowest BCUT2D eigenvalue weighted by atomic mass is 9.73. The van der Waals surface area contributed by atoms with E-state index in [9.17, 15) is 14.6 Å². The molecule has 1 aromatic heterocycles. The van der Waals surface area contributed by atoms with Gasteiger partial charge in [-0.3, -0.25) is 10.00 Å². The van der Waals surface area contributed by atoms with Crippen molar-refractivity contribution in [1.82, 2.24) is 15.1 Å². The SMILES string of the molecule is COc1ccc2n[nH]c(CN3CC[C@H](O)[C@@](CO)(Cc4ccc(F)cc4)C3)c2c1. The van der Waals surface area contributed by atoms with Crippen LogP contribution in [-0.4, -0.2) is 58.2 Å². The Labute approximate surface area is 168 Å². The van der Waals surface area contributed by atoms with Crippen molar-refractivity contribution in [3.8, 4) is 5.75 Å². The van der Waals surface area contributed by atoms with Crippen LogP contribution in [-0.2, 0) is 13.0 Å². The van der Waals surface area contributed by atoms with Crippen LogP contribution in [0, 0.1) is 11.2 Å². The first kappa shape index (κ1) is 19.8. The molecule has 0 bridgehead atoms. The molecule has 0 saturated carbocycles. The van der Waals surface area contributed by atoms with Crippen LogP contribution >= 0.6 is 0 Å². The van der Waals surface area contributed by atoms with Gasteiger partial charge in [0.15, 0.2) is 0 Å². The average Bonchev–Trinajstić information content (AvgIpc) is 3.14. The molecule has 0 amide bonds. The van der Waals surface area contributed by atoms with Gasteiger partial charge in [0, 0.05) is 30.4 Å². The molecular formula is C22H26FN3O3. The number of nitrogens with zero attached hydrogens (tertiary/aromatic N) is 2. The number of hydrogen-bond acceptors (Lipinski definition) is 5. The Morgan fingerprint density at radius 3 is 2.79 bits per heavy atom. The van der Waals surface area contributed by atoms with Crippen LogP contribution in [0.5, 0.6) is 5.75 Å². The summed E-state index contributed by atoms with van der Waals surface area (Å²) >= 11 is 0. The number of piperidine rings is 1. The zero-order chi connectivity index (χ0) is 20.4. The van der Waals surface area contributed by atoms with E-state index in [1.165, 1.54) is 12.1 Å². The Morgan fingerprint density at radius 2 is 2.07 bits per heavy atom. The molecule has 2 heterocycles. The Kier molecular flexibility index (Phi) is 5.54. The monoisotopic (exact) mass is 399 g/mol. The number of benzene rings is 2. The predicted octanol–water partition coefficient (Wildman–Crippen LogP) is 2.50. The van der Waals surface area contributed by atoms with Crippen molar-refractivity contribution in [2.75, 3.05) is 26.8 Å². The molecule has 1 aliphatic rings. The summed E-state index contributed by atoms with van der Waals surface area (Å²) in [6.45, 7) is 1.74. The van der Waals surface area contributed by atoms with Gasteiger partial charge >= 0.3 is 0 Å². The molecule has 3 aromatic rings. The molecule has 0 spiro atoms. The highest BCUT2D eigenvalue weighted by molar-refractivity contribution is 5.82. The maximum absolute atomic E-state index is 13.2. The quantitative estimate of drug-likeness (QED) is 0.593. The van der Waals surface area contributed by atoms with Crippen molar-refractivity contribution < 1.29 is 19.3 Å². The van der Waals surface area contributed by atoms with E-state index in [0.29, 0.717) is 25.9 Å². The number of methoxy groups -OCH3 is 1. The summed E-state index contributed by atoms with van der Waals surface area (Å²) in [4.78, 5) is 2.22. The van der Waals surface area contributed by atoms with Crippen molar-refractivity contribution in [2.24, 2.45) is 5.41 Å². The van der Waals surface area contributed by atoms with Crippen LogP contribution in [0.15, 0.2) is 42.5 Å². The first-order chi connectivity index (χ1) is 14.0. The minimum atomic E-state index is -0.691. The standard InChI is InChI=1S/C22H26FN3O3/c1-29-17-6-7-19-18(10-17)20(25-24-19)12-26-9-8-21(28)22(13-26,14-27)11-15-2-4-16(23)5-3-15/h2-7,10,21,27-28H,8-9,11-14H2,1H3,(H,24,25)/t21-,22-/m0/s1. The smallest absolute Gasteiger partial charge is 0.123 e. The summed E-state index contributed by atoms with van der Waals surface area (Å²) < 4.78 is 18.6. The van der Waals surface area contributed by atoms with E-state index < -0.39 is 11.5 Å². The third-order valence-corrected chi connectivity index (χ3v) is 5.97. The highest BCUT2D eigenvalue weighted by atomic mass is 19.1. The lowest BCUT2D eigenvalue weighted by Crippen LogP contribution is -2.54. The minimum absolute atomic E-state index is 0.139. The summed E-state index contributed by atoms with van der Waals surface area (Å²) in [5.41, 5.74) is 2.06. The number of H-pyrrole nitrogens is 1. The Hall–Kier alpha value is -2.48. The number of aromatic nitrogens is 2. The van der Waals surface area contributed by atoms with Gasteiger partial charge in [-0.25, -0.2) is 4.39 Å². The zero-order valence-corrected chi connectivity index (χ0v) is 16.4. The minimum Gasteiger partial charge on any atom is -0.497 e. The molecular weight excluding hydrogens is 373 g/mol. The van der Waals surface area contributed by atoms with E-state index in [0.717, 1.165) is 34.5 Å². The topological polar surface area (TPSA) is 81.6 Å². The Morgan fingerprint density at radius 1 is 1.28 bits per heavy atom. The van der Waals surface area contributed by atoms with Gasteiger partial charge in [-0.15, -0.1) is 0 Å². The Balaban J connectivity index is 1.55. The predicted molar refractivity (Wildman–Crippen MR) is 108 cm³/mol. The summed E-state index contributed by atoms with van der Waals surface area (Å²) in [5.74, 6) is 0.481. The number of nitrogens with one attached hydrogen (secondary N) is 1. The molecule has 0 radical (unpaired) electrons. The summed E-state index contributed by atoms with van der Waals surface area (Å²) in [6, 6.07) is 12.0. The molecule has 2 atom stereocenters. The average molecular weight is 399 g/mol. The number of ether oxygens (including phenoxy) is 1. The fourth-order valence-electron chi connectivity index (χ4n) is 4.28. The van der Waals surface area contributed by atoms with E-state index in [1.807, 2.05) is 18.2 Å². The molecule has 0 aliphatic carbocycles. The molecule has 4 rings (SSSR count). The normalized spacial score (nSPS) is 22.8. The van der Waals surface area contributed by atoms with Gasteiger partial charge in [-0.1, -0.05) is 12.1 Å². The molecule has 1 aliphatic heterocycles. The van der Waals surface area contributed by atoms with Gasteiger partial charge in [-0.2, -0.15) is 5.10 Å². The van der Waals surface area contributed by atoms with E-state index in [-0.39, 0.29) is 12.4 Å². The van der Waals surface area contributed by atoms with Gasteiger partial charge < -0.3 is 14.9 Å². The maximum atomic E-state index is 13.2. The molecule has 154 valence electrons. The van der Waals surface area contributed by atoms with Gasteiger partial charge in [0.1, 0.15) is 11.6 Å². The van der Waals surface area contributed by atoms with Crippen molar-refractivity contribution in [1.29, 1.82) is 0 Å². The molecule has 6 nitrogen and oxygen atoms in total. The van der Waals surface area contributed by atoms with Crippen LogP contribution < -0.4 is 4.74 Å². The van der Waals surface area contributed by atoms with Gasteiger partial charge in [0.05, 0.1) is 31.0 Å². The summed E-state index contributed by atoms with van der Waals surface area (Å²) in [5, 5.41) is 29.4. The third kappa shape index (κ3) is 3.99. The molecule has 0 unspecified atom stereocenters. The molecule has 1 saturated heterocycles. The second kappa shape index (κ2) is 8.10. The van der Waals surface area contributed by atoms with Crippen molar-refractivity contribution in [3.63, 3.8) is 0 Å². The number of aromatic amines is 1. The fourth-order valence-corrected chi connectivity index (χ4v) is 4.28. The number of likely N-dealkylation sites (tertiary alicyclic amines) is 1. The number of fused-ring (bicyclic) bond motifs is 1. The first-order valence-corrected chi connectivity index (χ1v) is 9.80. The Bertz CT molecular complexity index is 975. The fraction of sp³-hybridized carbons (Fsp3) is 0.409. The van der Waals surface area contributed by atoms with Gasteiger partial charge in [-0.05, 0) is 48.7 Å². The van der Waals surface area contributed by atoms with E-state index in [1.54, 1.807) is 19.2 Å². The number of halogens is 1. The summed E-state index contributed by atoms with van der Waals surface area (Å²) in [6.07, 6.45) is 0.434. The lowest BCUT2D eigenvalue weighted by Gasteiger charge is -2.45. The number of hydrogen-bond donors (Lipinski definition) is 3. The maximum Gasteiger partial charge on any atom is 0.123 e. The highest BCUT2D eigenvalue weighted by Crippen LogP contribution is 2.35. The van der Waals surface area contributed by atoms with E-state index in [4.69, 9.17) is 4.74 Å². The highest BCUT2D eigenvalue weighted by Gasteiger charge is 2.42. The lowest BCUT2D eigenvalue weighted by molar-refractivity contribution is -0.0770. The van der Waals surface area contributed by atoms with Crippen LogP contribution in [0.2, 0.25) is 0 Å². The van der Waals surface area contributed by atoms with Crippen molar-refractivity contribution in [2.45, 2.75) is 25.5 Å². The van der Waals surface area contributed by atoms with Crippen molar-refractivity contribution in [3.05, 3.63) is 59.5 Å². The summed E-state index contributed by atoms with van der Waals surface area (Å²) in [7, 11) is 1.64. The second-order valence-corrected chi connectivity index (χ2v) is 7.92. The third-order valence-electron chi connectivity index (χ3n) is 5.97. The largest absolute Gasteiger partial charge is 0.497 e. The van der Waals surface area contributed by atoms with Crippen LogP contribution in [0.4, 0.5) is 4.39 Å². The molecule has 29 heavy (non-hydrogen) atoms. The molecule has 2 aromatic carbocycles. The molecule has 1 fully saturated rings. The van der Waals surface area contributed by atoms with E-state index >= 15 is 0 Å². The van der Waals surface area contributed by atoms with Crippen molar-refractivity contribution >= 4 is 10.9 Å². The van der Waals surface area contributed by atoms with Crippen LogP contribution in [0.1, 0.15) is 17.7 Å². The van der Waals surface area contributed by atoms with Crippen LogP contribution in [0.3, 0.4) is 0 Å². The number of rotatable bonds is 6. The zero-order valence-electron chi connectivity index (χ0n) is 16.4. The second-order valence-electron chi connectivity index (χ2n) is 7.92. The number of aliphatic hydroxyl groups is 2. The van der Waals surface area contributed by atoms with Crippen LogP contribution in [0.25, 0.3) is 10.9 Å². The molecule has 3 N–H and O–H groups in total. The molecule has 7 heteroatoms. The van der Waals surface area contributed by atoms with E-state index in [2.05, 4.69) is 15.1 Å². The van der Waals surface area contributed by atoms with Gasteiger partial charge in [0.2, 0.25) is 0 Å². The van der Waals surface area contributed by atoms with Gasteiger partial charge in [0.25, 0.3) is 0 Å². The first-order valence-electron chi connectivity index (χ1n) is 9.80. The number of aliphatic hydroxyl groups excluding tert-OH is 2.